The van der Waals surface area contributed by atoms with Gasteiger partial charge in [0.05, 0.1) is 18.3 Å². The van der Waals surface area contributed by atoms with Crippen LogP contribution >= 0.6 is 0 Å². The van der Waals surface area contributed by atoms with Crippen LogP contribution in [0.1, 0.15) is 79.6 Å². The van der Waals surface area contributed by atoms with Crippen molar-refractivity contribution in [3.05, 3.63) is 47.6 Å². The average Bonchev–Trinajstić information content (AvgIpc) is 3.61. The monoisotopic (exact) mass is 562 g/mol. The minimum absolute atomic E-state index is 0.0132. The van der Waals surface area contributed by atoms with Crippen LogP contribution in [0.25, 0.3) is 0 Å². The number of esters is 1. The van der Waals surface area contributed by atoms with Gasteiger partial charge >= 0.3 is 5.97 Å². The molecule has 0 unspecified atom stereocenters. The Morgan fingerprint density at radius 1 is 1.02 bits per heavy atom. The van der Waals surface area contributed by atoms with Crippen molar-refractivity contribution in [1.29, 1.82) is 0 Å². The Kier molecular flexibility index (Phi) is 11.8. The van der Waals surface area contributed by atoms with Crippen molar-refractivity contribution >= 4 is 5.97 Å². The first kappa shape index (κ1) is 32.7. The molecule has 3 heterocycles. The van der Waals surface area contributed by atoms with Crippen LogP contribution < -0.4 is 0 Å². The zero-order valence-electron chi connectivity index (χ0n) is 24.8. The summed E-state index contributed by atoms with van der Waals surface area (Å²) in [5, 5.41) is 43.6. The van der Waals surface area contributed by atoms with E-state index in [0.29, 0.717) is 30.8 Å². The number of hydrogen-bond donors (Lipinski definition) is 4. The smallest absolute Gasteiger partial charge is 0.333 e. The molecule has 0 aliphatic carbocycles. The number of allylic oxidation sites excluding steroid dienone is 5. The topological polar surface area (TPSA) is 129 Å². The molecule has 0 aromatic heterocycles. The minimum atomic E-state index is -2.29. The normalized spacial score (nSPS) is 44.9. The molecule has 0 aromatic rings. The highest BCUT2D eigenvalue weighted by Gasteiger charge is 2.52. The lowest BCUT2D eigenvalue weighted by Crippen LogP contribution is -2.62. The standard InChI is InChI=1S/C32H50O8/c1-19-12-20(2)14-28-27(39-28)11-9-7-8-10-21(3)31(36)38-18-26-16-24(6)30(35)32(37,40-26)29(34)17-25(33)15-23(5)22(4)13-19/h9-11,13,20,23-30,33-35,37H,1,7-8,12,14-18H2,2-6H3/b11-9+,21-10+,22-13+/t20-,23-,24-,25-,26-,27+,28+,29+,30+,32-/m1/s1. The van der Waals surface area contributed by atoms with Gasteiger partial charge < -0.3 is 34.6 Å². The van der Waals surface area contributed by atoms with Crippen LogP contribution in [0.4, 0.5) is 0 Å². The van der Waals surface area contributed by atoms with Crippen LogP contribution in [-0.2, 0) is 19.0 Å². The van der Waals surface area contributed by atoms with Crippen molar-refractivity contribution in [1.82, 2.24) is 0 Å². The van der Waals surface area contributed by atoms with Crippen molar-refractivity contribution in [3.63, 3.8) is 0 Å². The lowest BCUT2D eigenvalue weighted by Gasteiger charge is -2.46. The first-order valence-electron chi connectivity index (χ1n) is 14.8. The number of cyclic esters (lactones) is 1. The SMILES string of the molecule is C=C1/C=C(\C)[C@H](C)C[C@@H](O)C[C@H](O)[C@@]2(O)O[C@@H](COC(=O)/C(C)=C/CC/C=C/[C@@H]3O[C@H]3C[C@H](C)C1)C[C@@H](C)[C@@H]2O. The van der Waals surface area contributed by atoms with Crippen LogP contribution in [0, 0.1) is 17.8 Å². The maximum Gasteiger partial charge on any atom is 0.333 e. The van der Waals surface area contributed by atoms with Gasteiger partial charge in [0.25, 0.3) is 0 Å². The molecule has 0 spiro atoms. The lowest BCUT2D eigenvalue weighted by atomic mass is 9.83. The van der Waals surface area contributed by atoms with Gasteiger partial charge in [0.1, 0.15) is 24.9 Å². The Hall–Kier alpha value is -1.81. The van der Waals surface area contributed by atoms with Gasteiger partial charge in [-0.25, -0.2) is 4.79 Å². The summed E-state index contributed by atoms with van der Waals surface area (Å²) in [6, 6.07) is 0. The fourth-order valence-electron chi connectivity index (χ4n) is 5.79. The number of epoxide rings is 1. The van der Waals surface area contributed by atoms with Crippen LogP contribution in [0.15, 0.2) is 47.6 Å². The lowest BCUT2D eigenvalue weighted by molar-refractivity contribution is -0.352. The third-order valence-corrected chi connectivity index (χ3v) is 8.46. The summed E-state index contributed by atoms with van der Waals surface area (Å²) in [7, 11) is 0. The van der Waals surface area contributed by atoms with E-state index >= 15 is 0 Å². The fourth-order valence-corrected chi connectivity index (χ4v) is 5.79. The Morgan fingerprint density at radius 2 is 1.75 bits per heavy atom. The van der Waals surface area contributed by atoms with Crippen LogP contribution in [0.2, 0.25) is 0 Å². The molecule has 3 aliphatic rings. The predicted octanol–water partition coefficient (Wildman–Crippen LogP) is 4.12. The van der Waals surface area contributed by atoms with E-state index in [9.17, 15) is 25.2 Å². The second-order valence-electron chi connectivity index (χ2n) is 12.4. The minimum Gasteiger partial charge on any atom is -0.460 e. The van der Waals surface area contributed by atoms with Crippen molar-refractivity contribution in [2.45, 2.75) is 122 Å². The van der Waals surface area contributed by atoms with E-state index in [1.165, 1.54) is 0 Å². The fraction of sp³-hybridized carbons (Fsp3) is 0.719. The van der Waals surface area contributed by atoms with Crippen molar-refractivity contribution in [2.24, 2.45) is 17.8 Å². The summed E-state index contributed by atoms with van der Waals surface area (Å²) in [6.45, 7) is 13.8. The van der Waals surface area contributed by atoms with Gasteiger partial charge in [-0.05, 0) is 70.1 Å². The molecule has 2 saturated heterocycles. The number of ether oxygens (including phenoxy) is 3. The van der Waals surface area contributed by atoms with Gasteiger partial charge in [-0.15, -0.1) is 0 Å². The van der Waals surface area contributed by atoms with E-state index in [2.05, 4.69) is 31.7 Å². The van der Waals surface area contributed by atoms with E-state index in [1.54, 1.807) is 13.8 Å². The molecule has 8 nitrogen and oxygen atoms in total. The Morgan fingerprint density at radius 3 is 2.48 bits per heavy atom. The summed E-state index contributed by atoms with van der Waals surface area (Å²) >= 11 is 0. The van der Waals surface area contributed by atoms with Crippen molar-refractivity contribution < 1.29 is 39.4 Å². The molecule has 10 atom stereocenters. The maximum atomic E-state index is 12.5. The number of aliphatic hydroxyl groups is 4. The van der Waals surface area contributed by atoms with Gasteiger partial charge in [-0.3, -0.25) is 0 Å². The number of carbonyl (C=O) groups excluding carboxylic acids is 1. The largest absolute Gasteiger partial charge is 0.460 e. The number of aliphatic hydroxyl groups excluding tert-OH is 3. The van der Waals surface area contributed by atoms with Gasteiger partial charge in [0, 0.05) is 12.0 Å². The summed E-state index contributed by atoms with van der Waals surface area (Å²) in [5.74, 6) is -2.76. The molecule has 2 fully saturated rings. The molecule has 226 valence electrons. The maximum absolute atomic E-state index is 12.5. The molecule has 3 rings (SSSR count). The molecule has 3 aliphatic heterocycles. The molecule has 0 radical (unpaired) electrons. The summed E-state index contributed by atoms with van der Waals surface area (Å²) in [6.07, 6.45) is 7.70. The predicted molar refractivity (Wildman–Crippen MR) is 153 cm³/mol. The molecule has 4 N–H and O–H groups in total. The summed E-state index contributed by atoms with van der Waals surface area (Å²) in [5.41, 5.74) is 2.58. The Labute approximate surface area is 239 Å². The molecule has 8 heteroatoms. The highest BCUT2D eigenvalue weighted by Crippen LogP contribution is 2.36. The molecule has 40 heavy (non-hydrogen) atoms. The third-order valence-electron chi connectivity index (χ3n) is 8.46. The van der Waals surface area contributed by atoms with Gasteiger partial charge in [-0.2, -0.15) is 0 Å². The molecule has 2 bridgehead atoms. The van der Waals surface area contributed by atoms with Crippen molar-refractivity contribution in [2.75, 3.05) is 6.61 Å². The first-order valence-corrected chi connectivity index (χ1v) is 14.8. The zero-order chi connectivity index (χ0) is 29.6. The molecule has 0 saturated carbocycles. The van der Waals surface area contributed by atoms with Gasteiger partial charge in [0.15, 0.2) is 0 Å². The number of hydrogen-bond acceptors (Lipinski definition) is 8. The van der Waals surface area contributed by atoms with E-state index in [0.717, 1.165) is 30.4 Å². The molecule has 0 aromatic carbocycles. The summed E-state index contributed by atoms with van der Waals surface area (Å²) in [4.78, 5) is 12.5. The first-order chi connectivity index (χ1) is 18.8. The van der Waals surface area contributed by atoms with Gasteiger partial charge in [-0.1, -0.05) is 62.8 Å². The highest BCUT2D eigenvalue weighted by molar-refractivity contribution is 5.87. The van der Waals surface area contributed by atoms with E-state index in [-0.39, 0.29) is 31.2 Å². The number of rotatable bonds is 0. The molecular weight excluding hydrogens is 512 g/mol. The Balaban J connectivity index is 1.73. The van der Waals surface area contributed by atoms with E-state index < -0.39 is 42.1 Å². The average molecular weight is 563 g/mol. The van der Waals surface area contributed by atoms with Crippen LogP contribution in [-0.4, -0.2) is 75.4 Å². The second kappa shape index (κ2) is 14.4. The van der Waals surface area contributed by atoms with Crippen LogP contribution in [0.3, 0.4) is 0 Å². The third kappa shape index (κ3) is 9.10. The molecule has 0 amide bonds. The zero-order valence-corrected chi connectivity index (χ0v) is 24.8. The van der Waals surface area contributed by atoms with Crippen LogP contribution in [0.5, 0.6) is 0 Å². The Bertz CT molecular complexity index is 970. The second-order valence-corrected chi connectivity index (χ2v) is 12.4. The summed E-state index contributed by atoms with van der Waals surface area (Å²) < 4.78 is 17.0. The quantitative estimate of drug-likeness (QED) is 0.197. The van der Waals surface area contributed by atoms with E-state index in [1.807, 2.05) is 19.9 Å². The number of fused-ring (bicyclic) bond motifs is 3. The number of carbonyl (C=O) groups is 1. The van der Waals surface area contributed by atoms with E-state index in [4.69, 9.17) is 14.2 Å². The van der Waals surface area contributed by atoms with Crippen molar-refractivity contribution in [3.8, 4) is 0 Å². The highest BCUT2D eigenvalue weighted by atomic mass is 16.7. The van der Waals surface area contributed by atoms with Gasteiger partial charge in [0.2, 0.25) is 5.79 Å². The molecular formula is C32H50O8.